The van der Waals surface area contributed by atoms with Gasteiger partial charge in [-0.05, 0) is 47.4 Å². The normalized spacial score (nSPS) is 10.4. The van der Waals surface area contributed by atoms with E-state index in [1.807, 2.05) is 48.5 Å². The number of ether oxygens (including phenoxy) is 1. The van der Waals surface area contributed by atoms with Crippen molar-refractivity contribution in [2.75, 3.05) is 11.9 Å². The number of anilines is 1. The van der Waals surface area contributed by atoms with Crippen LogP contribution in [0, 0.1) is 17.0 Å². The Hall–Kier alpha value is -3.38. The first-order valence-electron chi connectivity index (χ1n) is 8.96. The number of non-ortho nitro benzene ring substituents is 1. The third-order valence-corrected chi connectivity index (χ3v) is 4.64. The molecule has 0 saturated carbocycles. The Kier molecular flexibility index (Phi) is 6.46. The molecule has 7 heteroatoms. The second-order valence-electron chi connectivity index (χ2n) is 6.47. The summed E-state index contributed by atoms with van der Waals surface area (Å²) in [6.07, 6.45) is -0.0375. The minimum atomic E-state index is -0.601. The predicted molar refractivity (Wildman–Crippen MR) is 113 cm³/mol. The minimum Gasteiger partial charge on any atom is -0.449 e. The maximum absolute atomic E-state index is 12.0. The standard InChI is InChI=1S/C22H19ClN2O4/c1-15-13-20(25(27)28)9-10-21(15)24-22(26)29-12-11-16-3-2-4-18(14-16)17-5-7-19(23)8-6-17/h2-10,13-14H,11-12H2,1H3,(H,24,26). The number of halogens is 1. The van der Waals surface area contributed by atoms with E-state index in [1.165, 1.54) is 18.2 Å². The molecule has 0 heterocycles. The average molecular weight is 411 g/mol. The second-order valence-corrected chi connectivity index (χ2v) is 6.91. The number of rotatable bonds is 6. The summed E-state index contributed by atoms with van der Waals surface area (Å²) in [5.41, 5.74) is 4.20. The first-order valence-corrected chi connectivity index (χ1v) is 9.34. The molecule has 0 saturated heterocycles. The number of hydrogen-bond donors (Lipinski definition) is 1. The summed E-state index contributed by atoms with van der Waals surface area (Å²) >= 11 is 5.93. The van der Waals surface area contributed by atoms with Gasteiger partial charge in [-0.15, -0.1) is 0 Å². The van der Waals surface area contributed by atoms with Crippen molar-refractivity contribution in [3.8, 4) is 11.1 Å². The first-order chi connectivity index (χ1) is 13.9. The highest BCUT2D eigenvalue weighted by atomic mass is 35.5. The number of nitro groups is 1. The lowest BCUT2D eigenvalue weighted by Gasteiger charge is -2.10. The van der Waals surface area contributed by atoms with E-state index >= 15 is 0 Å². The lowest BCUT2D eigenvalue weighted by molar-refractivity contribution is -0.384. The van der Waals surface area contributed by atoms with Crippen LogP contribution in [-0.4, -0.2) is 17.6 Å². The van der Waals surface area contributed by atoms with Crippen LogP contribution in [0.1, 0.15) is 11.1 Å². The molecule has 3 aromatic carbocycles. The van der Waals surface area contributed by atoms with E-state index in [0.29, 0.717) is 22.7 Å². The van der Waals surface area contributed by atoms with Gasteiger partial charge in [0.25, 0.3) is 5.69 Å². The van der Waals surface area contributed by atoms with E-state index in [1.54, 1.807) is 6.92 Å². The summed E-state index contributed by atoms with van der Waals surface area (Å²) in [6, 6.07) is 19.8. The molecule has 1 N–H and O–H groups in total. The largest absolute Gasteiger partial charge is 0.449 e. The number of nitro benzene ring substituents is 1. The highest BCUT2D eigenvalue weighted by Gasteiger charge is 2.11. The van der Waals surface area contributed by atoms with Gasteiger partial charge < -0.3 is 4.74 Å². The maximum atomic E-state index is 12.0. The third kappa shape index (κ3) is 5.56. The van der Waals surface area contributed by atoms with Gasteiger partial charge in [-0.3, -0.25) is 15.4 Å². The van der Waals surface area contributed by atoms with Gasteiger partial charge in [0, 0.05) is 29.3 Å². The molecule has 0 unspecified atom stereocenters. The van der Waals surface area contributed by atoms with Crippen LogP contribution >= 0.6 is 11.6 Å². The summed E-state index contributed by atoms with van der Waals surface area (Å²) in [7, 11) is 0. The van der Waals surface area contributed by atoms with Crippen LogP contribution in [0.5, 0.6) is 0 Å². The van der Waals surface area contributed by atoms with Crippen molar-refractivity contribution in [1.29, 1.82) is 0 Å². The molecule has 0 bridgehead atoms. The third-order valence-electron chi connectivity index (χ3n) is 4.39. The van der Waals surface area contributed by atoms with Crippen LogP contribution in [-0.2, 0) is 11.2 Å². The van der Waals surface area contributed by atoms with Gasteiger partial charge in [0.05, 0.1) is 11.5 Å². The Morgan fingerprint density at radius 3 is 2.52 bits per heavy atom. The molecule has 0 aliphatic carbocycles. The quantitative estimate of drug-likeness (QED) is 0.398. The SMILES string of the molecule is Cc1cc([N+](=O)[O-])ccc1NC(=O)OCCc1cccc(-c2ccc(Cl)cc2)c1. The van der Waals surface area contributed by atoms with Crippen LogP contribution in [0.3, 0.4) is 0 Å². The second kappa shape index (κ2) is 9.21. The fourth-order valence-electron chi connectivity index (χ4n) is 2.86. The lowest BCUT2D eigenvalue weighted by Crippen LogP contribution is -2.16. The molecule has 0 spiro atoms. The summed E-state index contributed by atoms with van der Waals surface area (Å²) in [4.78, 5) is 22.3. The van der Waals surface area contributed by atoms with Crippen molar-refractivity contribution in [2.24, 2.45) is 0 Å². The lowest BCUT2D eigenvalue weighted by atomic mass is 10.0. The summed E-state index contributed by atoms with van der Waals surface area (Å²) in [6.45, 7) is 1.90. The van der Waals surface area contributed by atoms with Crippen LogP contribution in [0.15, 0.2) is 66.7 Å². The zero-order valence-corrected chi connectivity index (χ0v) is 16.5. The maximum Gasteiger partial charge on any atom is 0.411 e. The smallest absolute Gasteiger partial charge is 0.411 e. The molecule has 0 aromatic heterocycles. The van der Waals surface area contributed by atoms with Crippen molar-refractivity contribution < 1.29 is 14.5 Å². The van der Waals surface area contributed by atoms with Gasteiger partial charge in [-0.1, -0.05) is 48.0 Å². The van der Waals surface area contributed by atoms with Gasteiger partial charge in [0.1, 0.15) is 0 Å². The Morgan fingerprint density at radius 2 is 1.83 bits per heavy atom. The molecule has 6 nitrogen and oxygen atoms in total. The van der Waals surface area contributed by atoms with Gasteiger partial charge in [0.15, 0.2) is 0 Å². The number of nitrogens with one attached hydrogen (secondary N) is 1. The number of amides is 1. The van der Waals surface area contributed by atoms with E-state index in [2.05, 4.69) is 5.32 Å². The fourth-order valence-corrected chi connectivity index (χ4v) is 2.98. The predicted octanol–water partition coefficient (Wildman–Crippen LogP) is 6.01. The number of carbonyl (C=O) groups excluding carboxylic acids is 1. The van der Waals surface area contributed by atoms with E-state index in [-0.39, 0.29) is 12.3 Å². The van der Waals surface area contributed by atoms with Gasteiger partial charge in [-0.2, -0.15) is 0 Å². The van der Waals surface area contributed by atoms with E-state index in [9.17, 15) is 14.9 Å². The summed E-state index contributed by atoms with van der Waals surface area (Å²) in [5, 5.41) is 14.1. The summed E-state index contributed by atoms with van der Waals surface area (Å²) in [5.74, 6) is 0. The first kappa shape index (κ1) is 20.4. The molecule has 0 fully saturated rings. The fraction of sp³-hybridized carbons (Fsp3) is 0.136. The number of nitrogens with zero attached hydrogens (tertiary/aromatic N) is 1. The van der Waals surface area contributed by atoms with E-state index in [0.717, 1.165) is 16.7 Å². The zero-order chi connectivity index (χ0) is 20.8. The van der Waals surface area contributed by atoms with Gasteiger partial charge in [-0.25, -0.2) is 4.79 Å². The Labute approximate surface area is 173 Å². The topological polar surface area (TPSA) is 81.5 Å². The molecule has 0 aliphatic heterocycles. The number of hydrogen-bond acceptors (Lipinski definition) is 4. The molecule has 3 aromatic rings. The van der Waals surface area contributed by atoms with Crippen LogP contribution in [0.2, 0.25) is 5.02 Å². The highest BCUT2D eigenvalue weighted by molar-refractivity contribution is 6.30. The van der Waals surface area contributed by atoms with E-state index in [4.69, 9.17) is 16.3 Å². The van der Waals surface area contributed by atoms with Gasteiger partial charge >= 0.3 is 6.09 Å². The number of aryl methyl sites for hydroxylation is 1. The van der Waals surface area contributed by atoms with Crippen LogP contribution in [0.25, 0.3) is 11.1 Å². The zero-order valence-electron chi connectivity index (χ0n) is 15.7. The number of benzene rings is 3. The molecule has 0 radical (unpaired) electrons. The minimum absolute atomic E-state index is 0.0259. The van der Waals surface area contributed by atoms with Crippen molar-refractivity contribution in [3.63, 3.8) is 0 Å². The molecular weight excluding hydrogens is 392 g/mol. The van der Waals surface area contributed by atoms with Crippen LogP contribution < -0.4 is 5.32 Å². The highest BCUT2D eigenvalue weighted by Crippen LogP contribution is 2.23. The van der Waals surface area contributed by atoms with Crippen molar-refractivity contribution in [1.82, 2.24) is 0 Å². The molecule has 0 atom stereocenters. The van der Waals surface area contributed by atoms with Crippen LogP contribution in [0.4, 0.5) is 16.2 Å². The Bertz CT molecular complexity index is 1040. The van der Waals surface area contributed by atoms with Gasteiger partial charge in [0.2, 0.25) is 0 Å². The summed E-state index contributed by atoms with van der Waals surface area (Å²) < 4.78 is 5.24. The van der Waals surface area contributed by atoms with Crippen molar-refractivity contribution in [3.05, 3.63) is 93.0 Å². The van der Waals surface area contributed by atoms with E-state index < -0.39 is 11.0 Å². The monoisotopic (exact) mass is 410 g/mol. The van der Waals surface area contributed by atoms with Crippen molar-refractivity contribution >= 4 is 29.1 Å². The molecule has 29 heavy (non-hydrogen) atoms. The average Bonchev–Trinajstić information content (AvgIpc) is 2.70. The van der Waals surface area contributed by atoms with Crippen molar-refractivity contribution in [2.45, 2.75) is 13.3 Å². The number of carbonyl (C=O) groups is 1. The Morgan fingerprint density at radius 1 is 1.07 bits per heavy atom. The molecule has 1 amide bonds. The molecule has 0 aliphatic rings. The Balaban J connectivity index is 1.55. The molecule has 148 valence electrons. The molecular formula is C22H19ClN2O4. The molecule has 3 rings (SSSR count).